The Kier molecular flexibility index (Phi) is 12.2. The molecule has 1 fully saturated rings. The second-order valence-electron chi connectivity index (χ2n) is 9.84. The summed E-state index contributed by atoms with van der Waals surface area (Å²) in [4.78, 5) is 41.9. The van der Waals surface area contributed by atoms with E-state index in [-0.39, 0.29) is 29.2 Å². The lowest BCUT2D eigenvalue weighted by molar-refractivity contribution is -0.160. The fourth-order valence-electron chi connectivity index (χ4n) is 4.81. The van der Waals surface area contributed by atoms with Crippen molar-refractivity contribution in [2.45, 2.75) is 71.1 Å². The number of esters is 2. The lowest BCUT2D eigenvalue weighted by atomic mass is 9.86. The first-order valence-electron chi connectivity index (χ1n) is 13.8. The van der Waals surface area contributed by atoms with E-state index in [0.717, 1.165) is 30.6 Å². The van der Waals surface area contributed by atoms with Crippen molar-refractivity contribution in [2.75, 3.05) is 27.6 Å². The van der Waals surface area contributed by atoms with Gasteiger partial charge in [-0.2, -0.15) is 0 Å². The van der Waals surface area contributed by atoms with E-state index in [4.69, 9.17) is 28.4 Å². The molecule has 1 aromatic heterocycles. The molecule has 2 heterocycles. The molecule has 4 atom stereocenters. The lowest BCUT2D eigenvalue weighted by Gasteiger charge is -2.31. The Morgan fingerprint density at radius 2 is 1.85 bits per heavy atom. The Balaban J connectivity index is 1.78. The van der Waals surface area contributed by atoms with Crippen molar-refractivity contribution >= 4 is 17.8 Å². The minimum Gasteiger partial charge on any atom is -0.497 e. The fourth-order valence-corrected chi connectivity index (χ4v) is 4.81. The molecule has 41 heavy (non-hydrogen) atoms. The molecule has 0 radical (unpaired) electrons. The topological polar surface area (TPSA) is 132 Å². The fraction of sp³-hybridized carbons (Fsp3) is 0.533. The minimum absolute atomic E-state index is 0.00821. The van der Waals surface area contributed by atoms with E-state index in [1.807, 2.05) is 38.1 Å². The Morgan fingerprint density at radius 3 is 2.51 bits per heavy atom. The van der Waals surface area contributed by atoms with Crippen LogP contribution in [0.15, 0.2) is 36.5 Å². The van der Waals surface area contributed by atoms with Gasteiger partial charge in [-0.15, -0.1) is 0 Å². The van der Waals surface area contributed by atoms with Crippen LogP contribution < -0.4 is 19.5 Å². The zero-order chi connectivity index (χ0) is 29.8. The van der Waals surface area contributed by atoms with Gasteiger partial charge in [0.05, 0.1) is 20.3 Å². The summed E-state index contributed by atoms with van der Waals surface area (Å²) in [5.41, 5.74) is 1.02. The first-order chi connectivity index (χ1) is 19.8. The SMILES string of the molecule is CCCOC1C(Cc2ccc(OC)cc2)CCCC(NC(=O)c2nccc(OC)c2OCOC(C)=O)C(=O)OC1C. The second kappa shape index (κ2) is 15.8. The molecule has 11 heteroatoms. The average molecular weight is 573 g/mol. The summed E-state index contributed by atoms with van der Waals surface area (Å²) >= 11 is 0. The Labute approximate surface area is 240 Å². The highest BCUT2D eigenvalue weighted by molar-refractivity contribution is 5.98. The highest BCUT2D eigenvalue weighted by Crippen LogP contribution is 2.31. The largest absolute Gasteiger partial charge is 0.497 e. The van der Waals surface area contributed by atoms with Crippen molar-refractivity contribution in [3.63, 3.8) is 0 Å². The Hall–Kier alpha value is -3.86. The highest BCUT2D eigenvalue weighted by Gasteiger charge is 2.35. The van der Waals surface area contributed by atoms with Crippen molar-refractivity contribution in [3.8, 4) is 17.2 Å². The van der Waals surface area contributed by atoms with Crippen LogP contribution in [-0.2, 0) is 30.2 Å². The van der Waals surface area contributed by atoms with Gasteiger partial charge in [0.25, 0.3) is 5.91 Å². The maximum atomic E-state index is 13.3. The summed E-state index contributed by atoms with van der Waals surface area (Å²) in [5.74, 6) is -0.656. The van der Waals surface area contributed by atoms with Crippen LogP contribution in [0, 0.1) is 5.92 Å². The number of hydrogen-bond donors (Lipinski definition) is 1. The molecule has 1 saturated heterocycles. The molecular formula is C30H40N2O9. The van der Waals surface area contributed by atoms with Gasteiger partial charge in [0, 0.05) is 25.8 Å². The number of nitrogens with zero attached hydrogens (tertiary/aromatic N) is 1. The molecule has 3 rings (SSSR count). The lowest BCUT2D eigenvalue weighted by Crippen LogP contribution is -2.44. The van der Waals surface area contributed by atoms with Crippen LogP contribution in [0.4, 0.5) is 0 Å². The van der Waals surface area contributed by atoms with E-state index in [1.54, 1.807) is 7.11 Å². The van der Waals surface area contributed by atoms with Crippen LogP contribution in [0.2, 0.25) is 0 Å². The van der Waals surface area contributed by atoms with Crippen LogP contribution in [0.3, 0.4) is 0 Å². The molecule has 1 aliphatic rings. The van der Waals surface area contributed by atoms with Gasteiger partial charge in [0.15, 0.2) is 17.2 Å². The maximum absolute atomic E-state index is 13.3. The summed E-state index contributed by atoms with van der Waals surface area (Å²) in [7, 11) is 3.04. The number of amides is 1. The molecule has 0 saturated carbocycles. The third kappa shape index (κ3) is 9.07. The number of ether oxygens (including phenoxy) is 6. The van der Waals surface area contributed by atoms with Gasteiger partial charge in [-0.05, 0) is 56.2 Å². The monoisotopic (exact) mass is 572 g/mol. The molecule has 224 valence electrons. The van der Waals surface area contributed by atoms with Crippen molar-refractivity contribution in [2.24, 2.45) is 5.92 Å². The van der Waals surface area contributed by atoms with Gasteiger partial charge < -0.3 is 33.7 Å². The summed E-state index contributed by atoms with van der Waals surface area (Å²) < 4.78 is 33.0. The van der Waals surface area contributed by atoms with Crippen LogP contribution >= 0.6 is 0 Å². The molecular weight excluding hydrogens is 532 g/mol. The summed E-state index contributed by atoms with van der Waals surface area (Å²) in [6, 6.07) is 8.52. The summed E-state index contributed by atoms with van der Waals surface area (Å²) in [6.45, 7) is 5.21. The number of pyridine rings is 1. The number of rotatable bonds is 12. The number of nitrogens with one attached hydrogen (secondary N) is 1. The Bertz CT molecular complexity index is 1160. The van der Waals surface area contributed by atoms with Gasteiger partial charge >= 0.3 is 11.9 Å². The Morgan fingerprint density at radius 1 is 1.10 bits per heavy atom. The molecule has 1 aromatic carbocycles. The van der Waals surface area contributed by atoms with E-state index in [2.05, 4.69) is 10.3 Å². The van der Waals surface area contributed by atoms with Crippen molar-refractivity contribution in [3.05, 3.63) is 47.8 Å². The number of hydrogen-bond acceptors (Lipinski definition) is 10. The molecule has 1 amide bonds. The van der Waals surface area contributed by atoms with Gasteiger partial charge in [0.1, 0.15) is 17.9 Å². The van der Waals surface area contributed by atoms with Crippen LogP contribution in [0.5, 0.6) is 17.2 Å². The van der Waals surface area contributed by atoms with Gasteiger partial charge in [-0.3, -0.25) is 9.59 Å². The highest BCUT2D eigenvalue weighted by atomic mass is 16.7. The predicted octanol–water partition coefficient (Wildman–Crippen LogP) is 3.87. The van der Waals surface area contributed by atoms with E-state index < -0.39 is 36.8 Å². The third-order valence-electron chi connectivity index (χ3n) is 6.83. The first kappa shape index (κ1) is 31.7. The zero-order valence-electron chi connectivity index (χ0n) is 24.3. The van der Waals surface area contributed by atoms with Crippen molar-refractivity contribution in [1.82, 2.24) is 10.3 Å². The molecule has 0 bridgehead atoms. The normalized spacial score (nSPS) is 21.0. The van der Waals surface area contributed by atoms with Gasteiger partial charge in [-0.1, -0.05) is 25.5 Å². The molecule has 11 nitrogen and oxygen atoms in total. The van der Waals surface area contributed by atoms with E-state index in [9.17, 15) is 14.4 Å². The summed E-state index contributed by atoms with van der Waals surface area (Å²) in [5, 5.41) is 2.75. The predicted molar refractivity (Wildman–Crippen MR) is 149 cm³/mol. The van der Waals surface area contributed by atoms with Crippen molar-refractivity contribution in [1.29, 1.82) is 0 Å². The number of cyclic esters (lactones) is 1. The third-order valence-corrected chi connectivity index (χ3v) is 6.83. The van der Waals surface area contributed by atoms with Crippen LogP contribution in [0.1, 0.15) is 62.5 Å². The molecule has 0 spiro atoms. The number of methoxy groups -OCH3 is 2. The maximum Gasteiger partial charge on any atom is 0.329 e. The van der Waals surface area contributed by atoms with Gasteiger partial charge in [-0.25, -0.2) is 9.78 Å². The van der Waals surface area contributed by atoms with Crippen LogP contribution in [-0.4, -0.2) is 68.7 Å². The van der Waals surface area contributed by atoms with E-state index >= 15 is 0 Å². The molecule has 2 aromatic rings. The zero-order valence-corrected chi connectivity index (χ0v) is 24.3. The first-order valence-corrected chi connectivity index (χ1v) is 13.8. The standard InChI is InChI=1S/C30H40N2O9/c1-6-16-38-27-19(2)41-30(35)24(9-7-8-22(27)17-21-10-12-23(36-4)13-11-21)32-29(34)26-28(40-18-39-20(3)33)25(37-5)14-15-31-26/h10-15,19,22,24,27H,6-9,16-18H2,1-5H3,(H,32,34). The molecule has 0 aliphatic carbocycles. The molecule has 4 unspecified atom stereocenters. The average Bonchev–Trinajstić information content (AvgIpc) is 3.00. The van der Waals surface area contributed by atoms with Gasteiger partial charge in [0.2, 0.25) is 6.79 Å². The second-order valence-corrected chi connectivity index (χ2v) is 9.84. The number of benzene rings is 1. The number of aromatic nitrogens is 1. The molecule has 1 N–H and O–H groups in total. The van der Waals surface area contributed by atoms with Crippen molar-refractivity contribution < 1.29 is 42.8 Å². The smallest absolute Gasteiger partial charge is 0.329 e. The van der Waals surface area contributed by atoms with E-state index in [0.29, 0.717) is 19.4 Å². The number of carbonyl (C=O) groups is 3. The summed E-state index contributed by atoms with van der Waals surface area (Å²) in [6.07, 6.45) is 3.90. The quantitative estimate of drug-likeness (QED) is 0.295. The number of carbonyl (C=O) groups excluding carboxylic acids is 3. The van der Waals surface area contributed by atoms with E-state index in [1.165, 1.54) is 26.3 Å². The van der Waals surface area contributed by atoms with Crippen LogP contribution in [0.25, 0.3) is 0 Å². The minimum atomic E-state index is -0.911. The molecule has 1 aliphatic heterocycles.